The quantitative estimate of drug-likeness (QED) is 0.838. The van der Waals surface area contributed by atoms with E-state index in [1.54, 1.807) is 6.07 Å². The van der Waals surface area contributed by atoms with E-state index in [4.69, 9.17) is 5.73 Å². The van der Waals surface area contributed by atoms with Crippen LogP contribution in [0.2, 0.25) is 0 Å². The Kier molecular flexibility index (Phi) is 5.03. The number of halogens is 1. The third kappa shape index (κ3) is 2.96. The van der Waals surface area contributed by atoms with E-state index in [-0.39, 0.29) is 18.3 Å². The summed E-state index contributed by atoms with van der Waals surface area (Å²) in [5.41, 5.74) is 8.13. The number of amides is 1. The van der Waals surface area contributed by atoms with Crippen LogP contribution in [0.4, 0.5) is 5.69 Å². The van der Waals surface area contributed by atoms with Gasteiger partial charge in [-0.25, -0.2) is 0 Å². The first-order valence-corrected chi connectivity index (χ1v) is 6.23. The lowest BCUT2D eigenvalue weighted by molar-refractivity contribution is 0.0734. The van der Waals surface area contributed by atoms with Gasteiger partial charge in [0.25, 0.3) is 5.91 Å². The van der Waals surface area contributed by atoms with Crippen LogP contribution in [0.25, 0.3) is 0 Å². The number of nitrogen functional groups attached to an aromatic ring is 1. The van der Waals surface area contributed by atoms with Gasteiger partial charge in [0.2, 0.25) is 0 Å². The van der Waals surface area contributed by atoms with Crippen molar-refractivity contribution < 1.29 is 4.79 Å². The summed E-state index contributed by atoms with van der Waals surface area (Å²) >= 11 is 0. The molecule has 100 valence electrons. The maximum absolute atomic E-state index is 12.4. The first-order chi connectivity index (χ1) is 8.09. The number of anilines is 1. The molecule has 3 nitrogen and oxygen atoms in total. The van der Waals surface area contributed by atoms with Gasteiger partial charge in [0.1, 0.15) is 0 Å². The number of hydrogen-bond donors (Lipinski definition) is 1. The van der Waals surface area contributed by atoms with Crippen molar-refractivity contribution in [3.8, 4) is 0 Å². The largest absolute Gasteiger partial charge is 0.399 e. The van der Waals surface area contributed by atoms with Gasteiger partial charge < -0.3 is 10.6 Å². The van der Waals surface area contributed by atoms with Crippen molar-refractivity contribution >= 4 is 24.0 Å². The lowest BCUT2D eigenvalue weighted by Gasteiger charge is -2.25. The number of rotatable bonds is 2. The topological polar surface area (TPSA) is 46.3 Å². The molecule has 0 radical (unpaired) electrons. The van der Waals surface area contributed by atoms with Crippen LogP contribution in [0.5, 0.6) is 0 Å². The summed E-state index contributed by atoms with van der Waals surface area (Å²) in [5, 5.41) is 0. The Morgan fingerprint density at radius 3 is 2.56 bits per heavy atom. The standard InChI is InChI=1S/C14H20N2O.ClH/c1-10-7-8-11(15)9-13(10)14(17)16(2)12-5-3-4-6-12;/h7-9,12H,3-6,15H2,1-2H3;1H. The zero-order valence-corrected chi connectivity index (χ0v) is 11.8. The number of nitrogens with zero attached hydrogens (tertiary/aromatic N) is 1. The van der Waals surface area contributed by atoms with Gasteiger partial charge in [0.05, 0.1) is 0 Å². The van der Waals surface area contributed by atoms with Crippen LogP contribution in [0.15, 0.2) is 18.2 Å². The van der Waals surface area contributed by atoms with E-state index in [2.05, 4.69) is 0 Å². The van der Waals surface area contributed by atoms with E-state index < -0.39 is 0 Å². The highest BCUT2D eigenvalue weighted by Gasteiger charge is 2.24. The van der Waals surface area contributed by atoms with E-state index in [0.717, 1.165) is 24.0 Å². The zero-order valence-electron chi connectivity index (χ0n) is 11.0. The zero-order chi connectivity index (χ0) is 12.4. The van der Waals surface area contributed by atoms with Crippen molar-refractivity contribution in [3.05, 3.63) is 29.3 Å². The Bertz CT molecular complexity index is 428. The minimum Gasteiger partial charge on any atom is -0.399 e. The molecule has 0 atom stereocenters. The molecule has 0 aromatic heterocycles. The van der Waals surface area contributed by atoms with Gasteiger partial charge in [0, 0.05) is 24.3 Å². The van der Waals surface area contributed by atoms with Crippen LogP contribution in [-0.4, -0.2) is 23.9 Å². The molecule has 1 saturated carbocycles. The van der Waals surface area contributed by atoms with Crippen molar-refractivity contribution in [1.82, 2.24) is 4.90 Å². The van der Waals surface area contributed by atoms with E-state index in [0.29, 0.717) is 11.7 Å². The second-order valence-corrected chi connectivity index (χ2v) is 4.93. The van der Waals surface area contributed by atoms with Crippen LogP contribution in [-0.2, 0) is 0 Å². The van der Waals surface area contributed by atoms with Crippen LogP contribution in [0, 0.1) is 6.92 Å². The molecule has 1 aliphatic rings. The molecule has 1 amide bonds. The van der Waals surface area contributed by atoms with Gasteiger partial charge in [-0.2, -0.15) is 0 Å². The van der Waals surface area contributed by atoms with Gasteiger partial charge >= 0.3 is 0 Å². The number of nitrogens with two attached hydrogens (primary N) is 1. The van der Waals surface area contributed by atoms with Crippen molar-refractivity contribution in [3.63, 3.8) is 0 Å². The first kappa shape index (κ1) is 14.8. The maximum Gasteiger partial charge on any atom is 0.254 e. The van der Waals surface area contributed by atoms with Crippen LogP contribution >= 0.6 is 12.4 Å². The molecule has 0 heterocycles. The highest BCUT2D eigenvalue weighted by atomic mass is 35.5. The average Bonchev–Trinajstić information content (AvgIpc) is 2.84. The van der Waals surface area contributed by atoms with Gasteiger partial charge in [-0.15, -0.1) is 12.4 Å². The Morgan fingerprint density at radius 2 is 1.94 bits per heavy atom. The van der Waals surface area contributed by atoms with E-state index in [1.165, 1.54) is 12.8 Å². The number of aryl methyl sites for hydroxylation is 1. The van der Waals surface area contributed by atoms with Crippen molar-refractivity contribution in [2.45, 2.75) is 38.6 Å². The van der Waals surface area contributed by atoms with Crippen LogP contribution in [0.1, 0.15) is 41.6 Å². The van der Waals surface area contributed by atoms with Gasteiger partial charge in [0.15, 0.2) is 0 Å². The minimum atomic E-state index is 0. The number of benzene rings is 1. The summed E-state index contributed by atoms with van der Waals surface area (Å²) in [4.78, 5) is 14.3. The third-order valence-electron chi connectivity index (χ3n) is 3.68. The fourth-order valence-corrected chi connectivity index (χ4v) is 2.52. The Labute approximate surface area is 115 Å². The molecule has 2 N–H and O–H groups in total. The molecule has 1 aliphatic carbocycles. The first-order valence-electron chi connectivity index (χ1n) is 6.23. The second kappa shape index (κ2) is 6.10. The smallest absolute Gasteiger partial charge is 0.254 e. The van der Waals surface area contributed by atoms with Crippen molar-refractivity contribution in [1.29, 1.82) is 0 Å². The predicted octanol–water partition coefficient (Wildman–Crippen LogP) is 3.01. The summed E-state index contributed by atoms with van der Waals surface area (Å²) in [6, 6.07) is 5.93. The van der Waals surface area contributed by atoms with E-state index in [1.807, 2.05) is 31.0 Å². The Hall–Kier alpha value is -1.22. The summed E-state index contributed by atoms with van der Waals surface area (Å²) in [6.45, 7) is 1.95. The molecular weight excluding hydrogens is 248 g/mol. The molecule has 18 heavy (non-hydrogen) atoms. The van der Waals surface area contributed by atoms with Crippen LogP contribution in [0.3, 0.4) is 0 Å². The van der Waals surface area contributed by atoms with E-state index >= 15 is 0 Å². The van der Waals surface area contributed by atoms with Gasteiger partial charge in [-0.05, 0) is 37.5 Å². The van der Waals surface area contributed by atoms with Crippen molar-refractivity contribution in [2.75, 3.05) is 12.8 Å². The van der Waals surface area contributed by atoms with Crippen molar-refractivity contribution in [2.24, 2.45) is 0 Å². The lowest BCUT2D eigenvalue weighted by atomic mass is 10.1. The van der Waals surface area contributed by atoms with Gasteiger partial charge in [-0.3, -0.25) is 4.79 Å². The minimum absolute atomic E-state index is 0. The monoisotopic (exact) mass is 268 g/mol. The fourth-order valence-electron chi connectivity index (χ4n) is 2.52. The molecule has 0 unspecified atom stereocenters. The summed E-state index contributed by atoms with van der Waals surface area (Å²) in [6.07, 6.45) is 4.73. The highest BCUT2D eigenvalue weighted by molar-refractivity contribution is 5.96. The third-order valence-corrected chi connectivity index (χ3v) is 3.68. The molecule has 1 aromatic rings. The number of carbonyl (C=O) groups is 1. The SMILES string of the molecule is Cc1ccc(N)cc1C(=O)N(C)C1CCCC1.Cl. The summed E-state index contributed by atoms with van der Waals surface area (Å²) < 4.78 is 0. The molecule has 2 rings (SSSR count). The van der Waals surface area contributed by atoms with Gasteiger partial charge in [-0.1, -0.05) is 18.9 Å². The average molecular weight is 269 g/mol. The maximum atomic E-state index is 12.4. The summed E-state index contributed by atoms with van der Waals surface area (Å²) in [5.74, 6) is 0.0988. The highest BCUT2D eigenvalue weighted by Crippen LogP contribution is 2.24. The predicted molar refractivity (Wildman–Crippen MR) is 77.2 cm³/mol. The molecule has 0 aliphatic heterocycles. The molecular formula is C14H21ClN2O. The molecule has 0 bridgehead atoms. The Morgan fingerprint density at radius 1 is 1.33 bits per heavy atom. The van der Waals surface area contributed by atoms with Crippen LogP contribution < -0.4 is 5.73 Å². The number of carbonyl (C=O) groups excluding carboxylic acids is 1. The molecule has 1 aromatic carbocycles. The lowest BCUT2D eigenvalue weighted by Crippen LogP contribution is -2.35. The molecule has 4 heteroatoms. The second-order valence-electron chi connectivity index (χ2n) is 4.93. The number of hydrogen-bond acceptors (Lipinski definition) is 2. The normalized spacial score (nSPS) is 15.2. The molecule has 0 saturated heterocycles. The van der Waals surface area contributed by atoms with E-state index in [9.17, 15) is 4.79 Å². The molecule has 1 fully saturated rings. The fraction of sp³-hybridized carbons (Fsp3) is 0.500. The summed E-state index contributed by atoms with van der Waals surface area (Å²) in [7, 11) is 1.90. The molecule has 0 spiro atoms. The Balaban J connectivity index is 0.00000162.